The van der Waals surface area contributed by atoms with Crippen LogP contribution in [-0.2, 0) is 5.41 Å². The topological polar surface area (TPSA) is 12.0 Å². The summed E-state index contributed by atoms with van der Waals surface area (Å²) in [6, 6.07) is 9.30. The Kier molecular flexibility index (Phi) is 5.45. The van der Waals surface area contributed by atoms with Crippen LogP contribution in [0, 0.1) is 6.92 Å². The van der Waals surface area contributed by atoms with Crippen molar-refractivity contribution < 1.29 is 0 Å². The van der Waals surface area contributed by atoms with Gasteiger partial charge in [0.25, 0.3) is 0 Å². The maximum atomic E-state index is 3.69. The molecule has 1 saturated carbocycles. The van der Waals surface area contributed by atoms with E-state index in [0.29, 0.717) is 5.41 Å². The second-order valence-electron chi connectivity index (χ2n) is 6.24. The minimum atomic E-state index is 0.388. The van der Waals surface area contributed by atoms with Crippen LogP contribution >= 0.6 is 0 Å². The summed E-state index contributed by atoms with van der Waals surface area (Å²) in [5.74, 6) is 0. The van der Waals surface area contributed by atoms with Crippen LogP contribution in [0.3, 0.4) is 0 Å². The molecule has 0 unspecified atom stereocenters. The molecule has 2 rings (SSSR count). The molecule has 1 heteroatoms. The van der Waals surface area contributed by atoms with E-state index in [9.17, 15) is 0 Å². The molecule has 1 aliphatic carbocycles. The third kappa shape index (κ3) is 3.82. The summed E-state index contributed by atoms with van der Waals surface area (Å²) in [5.41, 5.74) is 3.32. The van der Waals surface area contributed by atoms with Crippen LogP contribution in [-0.4, -0.2) is 13.1 Å². The van der Waals surface area contributed by atoms with Crippen molar-refractivity contribution >= 4 is 0 Å². The van der Waals surface area contributed by atoms with E-state index in [-0.39, 0.29) is 0 Å². The van der Waals surface area contributed by atoms with Gasteiger partial charge < -0.3 is 5.32 Å². The number of aryl methyl sites for hydroxylation is 1. The monoisotopic (exact) mass is 259 g/mol. The number of rotatable bonds is 5. The molecule has 0 amide bonds. The van der Waals surface area contributed by atoms with Crippen LogP contribution < -0.4 is 5.32 Å². The molecule has 1 aliphatic rings. The Bertz CT molecular complexity index is 358. The Morgan fingerprint density at radius 3 is 2.21 bits per heavy atom. The summed E-state index contributed by atoms with van der Waals surface area (Å²) < 4.78 is 0. The zero-order valence-corrected chi connectivity index (χ0v) is 12.7. The molecule has 1 aromatic rings. The van der Waals surface area contributed by atoms with Crippen molar-refractivity contribution in [1.29, 1.82) is 0 Å². The van der Waals surface area contributed by atoms with E-state index >= 15 is 0 Å². The molecule has 0 radical (unpaired) electrons. The van der Waals surface area contributed by atoms with E-state index < -0.39 is 0 Å². The van der Waals surface area contributed by atoms with Crippen LogP contribution in [0.5, 0.6) is 0 Å². The summed E-state index contributed by atoms with van der Waals surface area (Å²) in [4.78, 5) is 0. The molecule has 0 spiro atoms. The Balaban J connectivity index is 2.18. The molecule has 0 aromatic heterocycles. The first-order valence-corrected chi connectivity index (χ1v) is 8.05. The van der Waals surface area contributed by atoms with Crippen molar-refractivity contribution in [2.24, 2.45) is 0 Å². The largest absolute Gasteiger partial charge is 0.316 e. The first kappa shape index (κ1) is 14.6. The second kappa shape index (κ2) is 7.09. The minimum absolute atomic E-state index is 0.388. The summed E-state index contributed by atoms with van der Waals surface area (Å²) in [6.45, 7) is 6.73. The third-order valence-corrected chi connectivity index (χ3v) is 4.61. The standard InChI is InChI=1S/C18H29N/c1-3-14-19-15-18(12-6-4-5-7-13-18)17-10-8-16(2)9-11-17/h8-11,19H,3-7,12-15H2,1-2H3. The fraction of sp³-hybridized carbons (Fsp3) is 0.667. The van der Waals surface area contributed by atoms with Crippen molar-refractivity contribution in [2.75, 3.05) is 13.1 Å². The van der Waals surface area contributed by atoms with Crippen molar-refractivity contribution in [3.05, 3.63) is 35.4 Å². The minimum Gasteiger partial charge on any atom is -0.316 e. The molecule has 19 heavy (non-hydrogen) atoms. The van der Waals surface area contributed by atoms with Crippen molar-refractivity contribution in [2.45, 2.75) is 64.2 Å². The highest BCUT2D eigenvalue weighted by Gasteiger charge is 2.32. The number of hydrogen-bond acceptors (Lipinski definition) is 1. The fourth-order valence-electron chi connectivity index (χ4n) is 3.38. The molecule has 0 bridgehead atoms. The first-order chi connectivity index (χ1) is 9.27. The lowest BCUT2D eigenvalue weighted by atomic mass is 9.74. The maximum Gasteiger partial charge on any atom is 0.00777 e. The molecule has 1 N–H and O–H groups in total. The van der Waals surface area contributed by atoms with E-state index in [2.05, 4.69) is 43.4 Å². The second-order valence-corrected chi connectivity index (χ2v) is 6.24. The predicted octanol–water partition coefficient (Wildman–Crippen LogP) is 4.59. The lowest BCUT2D eigenvalue weighted by Gasteiger charge is -2.34. The molecule has 1 fully saturated rings. The molecule has 0 atom stereocenters. The Morgan fingerprint density at radius 2 is 1.63 bits per heavy atom. The van der Waals surface area contributed by atoms with Crippen molar-refractivity contribution in [3.8, 4) is 0 Å². The quantitative estimate of drug-likeness (QED) is 0.602. The van der Waals surface area contributed by atoms with Gasteiger partial charge in [0.1, 0.15) is 0 Å². The van der Waals surface area contributed by atoms with Crippen LogP contribution in [0.15, 0.2) is 24.3 Å². The summed E-state index contributed by atoms with van der Waals surface area (Å²) in [6.07, 6.45) is 9.55. The van der Waals surface area contributed by atoms with Gasteiger partial charge in [-0.3, -0.25) is 0 Å². The fourth-order valence-corrected chi connectivity index (χ4v) is 3.38. The van der Waals surface area contributed by atoms with Crippen LogP contribution in [0.4, 0.5) is 0 Å². The number of nitrogens with one attached hydrogen (secondary N) is 1. The summed E-state index contributed by atoms with van der Waals surface area (Å²) in [7, 11) is 0. The zero-order chi connectivity index (χ0) is 13.6. The molecule has 0 saturated heterocycles. The first-order valence-electron chi connectivity index (χ1n) is 8.05. The average molecular weight is 259 g/mol. The summed E-state index contributed by atoms with van der Waals surface area (Å²) in [5, 5.41) is 3.69. The lowest BCUT2D eigenvalue weighted by Crippen LogP contribution is -2.38. The van der Waals surface area contributed by atoms with Gasteiger partial charge in [-0.1, -0.05) is 62.4 Å². The van der Waals surface area contributed by atoms with Gasteiger partial charge >= 0.3 is 0 Å². The van der Waals surface area contributed by atoms with Crippen molar-refractivity contribution in [3.63, 3.8) is 0 Å². The Hall–Kier alpha value is -0.820. The van der Waals surface area contributed by atoms with Gasteiger partial charge in [0.2, 0.25) is 0 Å². The van der Waals surface area contributed by atoms with Gasteiger partial charge in [-0.05, 0) is 38.3 Å². The molecule has 0 heterocycles. The highest BCUT2D eigenvalue weighted by Crippen LogP contribution is 2.38. The molecule has 1 aromatic carbocycles. The van der Waals surface area contributed by atoms with E-state index in [0.717, 1.165) is 13.1 Å². The number of benzene rings is 1. The van der Waals surface area contributed by atoms with Crippen LogP contribution in [0.1, 0.15) is 63.0 Å². The van der Waals surface area contributed by atoms with E-state index in [1.807, 2.05) is 0 Å². The normalized spacial score (nSPS) is 19.1. The average Bonchev–Trinajstić information content (AvgIpc) is 2.66. The Labute approximate surface area is 118 Å². The maximum absolute atomic E-state index is 3.69. The highest BCUT2D eigenvalue weighted by atomic mass is 14.9. The third-order valence-electron chi connectivity index (χ3n) is 4.61. The molecule has 0 aliphatic heterocycles. The van der Waals surface area contributed by atoms with Gasteiger partial charge in [-0.2, -0.15) is 0 Å². The van der Waals surface area contributed by atoms with Gasteiger partial charge in [0.15, 0.2) is 0 Å². The molecular weight excluding hydrogens is 230 g/mol. The molecule has 1 nitrogen and oxygen atoms in total. The highest BCUT2D eigenvalue weighted by molar-refractivity contribution is 5.29. The Morgan fingerprint density at radius 1 is 1.00 bits per heavy atom. The summed E-state index contributed by atoms with van der Waals surface area (Å²) >= 11 is 0. The smallest absolute Gasteiger partial charge is 0.00777 e. The van der Waals surface area contributed by atoms with Crippen molar-refractivity contribution in [1.82, 2.24) is 5.32 Å². The van der Waals surface area contributed by atoms with Gasteiger partial charge in [-0.25, -0.2) is 0 Å². The molecule has 106 valence electrons. The predicted molar refractivity (Wildman–Crippen MR) is 83.7 cm³/mol. The number of hydrogen-bond donors (Lipinski definition) is 1. The molecular formula is C18H29N. The van der Waals surface area contributed by atoms with Gasteiger partial charge in [0, 0.05) is 12.0 Å². The lowest BCUT2D eigenvalue weighted by molar-refractivity contribution is 0.348. The van der Waals surface area contributed by atoms with E-state index in [1.165, 1.54) is 50.5 Å². The van der Waals surface area contributed by atoms with Gasteiger partial charge in [-0.15, -0.1) is 0 Å². The van der Waals surface area contributed by atoms with Crippen LogP contribution in [0.25, 0.3) is 0 Å². The SMILES string of the molecule is CCCNCC1(c2ccc(C)cc2)CCCCCC1. The van der Waals surface area contributed by atoms with E-state index in [1.54, 1.807) is 5.56 Å². The van der Waals surface area contributed by atoms with Gasteiger partial charge in [0.05, 0.1) is 0 Å². The zero-order valence-electron chi connectivity index (χ0n) is 12.7. The van der Waals surface area contributed by atoms with Crippen LogP contribution in [0.2, 0.25) is 0 Å². The van der Waals surface area contributed by atoms with E-state index in [4.69, 9.17) is 0 Å².